The van der Waals surface area contributed by atoms with Crippen molar-refractivity contribution in [1.29, 1.82) is 0 Å². The fourth-order valence-electron chi connectivity index (χ4n) is 4.89. The molecule has 1 aliphatic heterocycles. The summed E-state index contributed by atoms with van der Waals surface area (Å²) >= 11 is 0. The van der Waals surface area contributed by atoms with Crippen molar-refractivity contribution >= 4 is 21.4 Å². The lowest BCUT2D eigenvalue weighted by Crippen LogP contribution is -2.34. The summed E-state index contributed by atoms with van der Waals surface area (Å²) in [6.07, 6.45) is -4.77. The number of rotatable bonds is 12. The van der Waals surface area contributed by atoms with E-state index in [1.165, 1.54) is 55.5 Å². The molecule has 0 unspecified atom stereocenters. The number of benzene rings is 3. The second-order valence-corrected chi connectivity index (χ2v) is 12.4. The lowest BCUT2D eigenvalue weighted by molar-refractivity contribution is -0.137. The number of hydrogen-bond acceptors (Lipinski definition) is 7. The first kappa shape index (κ1) is 33.1. The molecule has 4 rings (SSSR count). The van der Waals surface area contributed by atoms with Gasteiger partial charge in [-0.3, -0.25) is 4.79 Å². The Morgan fingerprint density at radius 2 is 1.66 bits per heavy atom. The van der Waals surface area contributed by atoms with Gasteiger partial charge in [0.1, 0.15) is 11.9 Å². The Kier molecular flexibility index (Phi) is 10.5. The van der Waals surface area contributed by atoms with E-state index in [1.54, 1.807) is 17.0 Å². The van der Waals surface area contributed by atoms with Gasteiger partial charge in [0.05, 0.1) is 48.1 Å². The lowest BCUT2D eigenvalue weighted by Gasteiger charge is -2.26. The molecular formula is C30H31F5N2O6S. The van der Waals surface area contributed by atoms with E-state index in [0.29, 0.717) is 11.3 Å². The zero-order valence-electron chi connectivity index (χ0n) is 23.5. The van der Waals surface area contributed by atoms with E-state index >= 15 is 0 Å². The van der Waals surface area contributed by atoms with Crippen LogP contribution in [0.4, 0.5) is 27.6 Å². The molecule has 2 N–H and O–H groups in total. The highest BCUT2D eigenvalue weighted by Crippen LogP contribution is 2.33. The smallest absolute Gasteiger partial charge is 0.416 e. The molecule has 0 radical (unpaired) electrons. The number of amides is 1. The minimum absolute atomic E-state index is 0.0627. The summed E-state index contributed by atoms with van der Waals surface area (Å²) in [6.45, 7) is -2.01. The summed E-state index contributed by atoms with van der Waals surface area (Å²) < 4.78 is 98.8. The molecule has 0 bridgehead atoms. The number of nitrogens with one attached hydrogen (secondary N) is 1. The van der Waals surface area contributed by atoms with E-state index in [9.17, 15) is 40.3 Å². The van der Waals surface area contributed by atoms with Gasteiger partial charge >= 0.3 is 12.8 Å². The topological polar surface area (TPSA) is 105 Å². The fraction of sp³-hybridized carbons (Fsp3) is 0.367. The predicted molar refractivity (Wildman–Crippen MR) is 151 cm³/mol. The quantitative estimate of drug-likeness (QED) is 0.261. The van der Waals surface area contributed by atoms with Gasteiger partial charge in [-0.1, -0.05) is 19.1 Å². The van der Waals surface area contributed by atoms with Gasteiger partial charge in [-0.15, -0.1) is 0 Å². The number of aliphatic hydroxyl groups is 1. The summed E-state index contributed by atoms with van der Waals surface area (Å²) in [4.78, 5) is 14.8. The van der Waals surface area contributed by atoms with Crippen LogP contribution in [0.1, 0.15) is 40.9 Å². The first-order chi connectivity index (χ1) is 20.8. The summed E-state index contributed by atoms with van der Waals surface area (Å²) in [5, 5.41) is 12.6. The number of carbonyl (C=O) groups is 1. The Morgan fingerprint density at radius 3 is 2.20 bits per heavy atom. The highest BCUT2D eigenvalue weighted by molar-refractivity contribution is 7.91. The third-order valence-electron chi connectivity index (χ3n) is 7.25. The first-order valence-corrected chi connectivity index (χ1v) is 15.3. The SMILES string of the molecule is CCS(=O)(=O)c1ccc([C@H](CO)NC(=O)c2ccc(N3C[C@H](Oc4ccc(C(F)(F)F)cc4)C[C@@H]3COC(F)F)cc2)cc1. The van der Waals surface area contributed by atoms with Crippen LogP contribution in [0.15, 0.2) is 77.7 Å². The van der Waals surface area contributed by atoms with E-state index < -0.39 is 58.9 Å². The van der Waals surface area contributed by atoms with Crippen molar-refractivity contribution in [3.8, 4) is 5.75 Å². The number of sulfone groups is 1. The molecular weight excluding hydrogens is 611 g/mol. The molecule has 1 fully saturated rings. The van der Waals surface area contributed by atoms with Crippen LogP contribution in [0.3, 0.4) is 0 Å². The Bertz CT molecular complexity index is 1500. The zero-order valence-corrected chi connectivity index (χ0v) is 24.3. The van der Waals surface area contributed by atoms with E-state index in [-0.39, 0.29) is 41.5 Å². The zero-order chi connectivity index (χ0) is 32.1. The van der Waals surface area contributed by atoms with Gasteiger partial charge in [0, 0.05) is 17.7 Å². The molecule has 238 valence electrons. The average Bonchev–Trinajstić information content (AvgIpc) is 3.41. The van der Waals surface area contributed by atoms with Crippen molar-refractivity contribution in [1.82, 2.24) is 5.32 Å². The molecule has 0 spiro atoms. The molecule has 0 aromatic heterocycles. The molecule has 1 aliphatic rings. The molecule has 0 saturated carbocycles. The number of carbonyl (C=O) groups excluding carboxylic acids is 1. The van der Waals surface area contributed by atoms with E-state index in [2.05, 4.69) is 10.1 Å². The average molecular weight is 643 g/mol. The summed E-state index contributed by atoms with van der Waals surface area (Å²) in [6, 6.07) is 15.0. The number of anilines is 1. The minimum Gasteiger partial charge on any atom is -0.489 e. The molecule has 8 nitrogen and oxygen atoms in total. The molecule has 1 saturated heterocycles. The highest BCUT2D eigenvalue weighted by atomic mass is 32.2. The molecule has 44 heavy (non-hydrogen) atoms. The number of hydrogen-bond donors (Lipinski definition) is 2. The second kappa shape index (κ2) is 13.9. The Balaban J connectivity index is 1.44. The maximum absolute atomic E-state index is 12.9. The van der Waals surface area contributed by atoms with Crippen LogP contribution in [0, 0.1) is 0 Å². The van der Waals surface area contributed by atoms with Crippen LogP contribution in [-0.2, 0) is 20.8 Å². The normalized spacial score (nSPS) is 18.0. The lowest BCUT2D eigenvalue weighted by atomic mass is 10.1. The number of nitrogens with zero attached hydrogens (tertiary/aromatic N) is 1. The maximum atomic E-state index is 12.9. The van der Waals surface area contributed by atoms with Gasteiger partial charge in [0.15, 0.2) is 9.84 Å². The predicted octanol–water partition coefficient (Wildman–Crippen LogP) is 5.23. The van der Waals surface area contributed by atoms with Crippen molar-refractivity contribution in [3.05, 3.63) is 89.5 Å². The molecule has 1 heterocycles. The Morgan fingerprint density at radius 1 is 1.02 bits per heavy atom. The monoisotopic (exact) mass is 642 g/mol. The van der Waals surface area contributed by atoms with Crippen LogP contribution >= 0.6 is 0 Å². The molecule has 14 heteroatoms. The van der Waals surface area contributed by atoms with Crippen LogP contribution in [0.2, 0.25) is 0 Å². The Hall–Kier alpha value is -3.75. The maximum Gasteiger partial charge on any atom is 0.416 e. The standard InChI is InChI=1S/C30H31F5N2O6S/c1-2-44(40,41)26-13-5-19(6-14-26)27(17-38)36-28(39)20-3-9-22(10-4-20)37-16-25(15-23(37)18-42-29(31)32)43-24-11-7-21(8-12-24)30(33,34)35/h3-14,23,25,27,29,38H,2,15-18H2,1H3,(H,36,39)/t23-,25-,27+/m1/s1. The fourth-order valence-corrected chi connectivity index (χ4v) is 5.77. The third kappa shape index (κ3) is 8.24. The Labute approximate surface area is 251 Å². The number of ether oxygens (including phenoxy) is 2. The van der Waals surface area contributed by atoms with Crippen molar-refractivity contribution < 1.29 is 49.7 Å². The van der Waals surface area contributed by atoms with Crippen molar-refractivity contribution in [3.63, 3.8) is 0 Å². The summed E-state index contributed by atoms with van der Waals surface area (Å²) in [5.74, 6) is -0.374. The van der Waals surface area contributed by atoms with E-state index in [4.69, 9.17) is 4.74 Å². The van der Waals surface area contributed by atoms with Gasteiger partial charge in [-0.2, -0.15) is 22.0 Å². The second-order valence-electron chi connectivity index (χ2n) is 10.1. The van der Waals surface area contributed by atoms with Crippen molar-refractivity contribution in [2.45, 2.75) is 49.2 Å². The van der Waals surface area contributed by atoms with Crippen LogP contribution in [0.25, 0.3) is 0 Å². The van der Waals surface area contributed by atoms with Crippen molar-refractivity contribution in [2.75, 3.05) is 30.4 Å². The van der Waals surface area contributed by atoms with Gasteiger partial charge in [-0.25, -0.2) is 8.42 Å². The molecule has 3 aromatic rings. The highest BCUT2D eigenvalue weighted by Gasteiger charge is 2.35. The molecule has 3 aromatic carbocycles. The van der Waals surface area contributed by atoms with Gasteiger partial charge in [0.25, 0.3) is 5.91 Å². The van der Waals surface area contributed by atoms with Gasteiger partial charge < -0.3 is 24.8 Å². The largest absolute Gasteiger partial charge is 0.489 e. The molecule has 3 atom stereocenters. The number of alkyl halides is 5. The van der Waals surface area contributed by atoms with Crippen LogP contribution < -0.4 is 15.0 Å². The summed E-state index contributed by atoms with van der Waals surface area (Å²) in [5.41, 5.74) is 0.505. The van der Waals surface area contributed by atoms with Gasteiger partial charge in [-0.05, 0) is 66.2 Å². The van der Waals surface area contributed by atoms with Gasteiger partial charge in [0.2, 0.25) is 0 Å². The van der Waals surface area contributed by atoms with Crippen LogP contribution in [0.5, 0.6) is 5.75 Å². The van der Waals surface area contributed by atoms with Crippen LogP contribution in [-0.4, -0.2) is 63.7 Å². The summed E-state index contributed by atoms with van der Waals surface area (Å²) in [7, 11) is -3.41. The minimum atomic E-state index is -4.49. The van der Waals surface area contributed by atoms with Crippen molar-refractivity contribution in [2.24, 2.45) is 0 Å². The third-order valence-corrected chi connectivity index (χ3v) is 9.00. The number of aliphatic hydroxyl groups excluding tert-OH is 1. The van der Waals surface area contributed by atoms with E-state index in [0.717, 1.165) is 12.1 Å². The van der Waals surface area contributed by atoms with E-state index in [1.807, 2.05) is 0 Å². The number of halogens is 5. The molecule has 1 amide bonds. The molecule has 0 aliphatic carbocycles. The first-order valence-electron chi connectivity index (χ1n) is 13.7.